The summed E-state index contributed by atoms with van der Waals surface area (Å²) in [5.41, 5.74) is 1.75. The number of ether oxygens (including phenoxy) is 1. The number of nitriles is 1. The van der Waals surface area contributed by atoms with Gasteiger partial charge in [0.25, 0.3) is 0 Å². The van der Waals surface area contributed by atoms with Crippen molar-refractivity contribution in [3.63, 3.8) is 0 Å². The molecule has 0 unspecified atom stereocenters. The normalized spacial score (nSPS) is 10.4. The second-order valence-electron chi connectivity index (χ2n) is 5.08. The van der Waals surface area contributed by atoms with E-state index in [-0.39, 0.29) is 5.97 Å². The Balaban J connectivity index is 1.91. The van der Waals surface area contributed by atoms with E-state index in [0.29, 0.717) is 36.8 Å². The number of pyridine rings is 2. The molecule has 0 saturated carbocycles. The predicted octanol–water partition coefficient (Wildman–Crippen LogP) is 3.15. The highest BCUT2D eigenvalue weighted by Gasteiger charge is 2.04. The van der Waals surface area contributed by atoms with E-state index >= 15 is 0 Å². The lowest BCUT2D eigenvalue weighted by Gasteiger charge is -2.18. The van der Waals surface area contributed by atoms with Crippen molar-refractivity contribution in [3.05, 3.63) is 42.4 Å². The summed E-state index contributed by atoms with van der Waals surface area (Å²) >= 11 is 0. The first-order valence-corrected chi connectivity index (χ1v) is 7.73. The lowest BCUT2D eigenvalue weighted by atomic mass is 10.3. The van der Waals surface area contributed by atoms with Crippen LogP contribution in [0.3, 0.4) is 0 Å². The molecule has 0 atom stereocenters. The molecule has 2 heterocycles. The van der Waals surface area contributed by atoms with Gasteiger partial charge in [0.05, 0.1) is 24.6 Å². The number of nitrogens with zero attached hydrogens (tertiary/aromatic N) is 6. The molecule has 0 aliphatic rings. The van der Waals surface area contributed by atoms with E-state index in [1.165, 1.54) is 6.20 Å². The smallest absolute Gasteiger partial charge is 0.305 e. The molecular formula is C17H18N6O2. The van der Waals surface area contributed by atoms with Gasteiger partial charge >= 0.3 is 5.97 Å². The van der Waals surface area contributed by atoms with Crippen LogP contribution in [-0.2, 0) is 9.53 Å². The maximum Gasteiger partial charge on any atom is 0.305 e. The minimum Gasteiger partial charge on any atom is -0.464 e. The van der Waals surface area contributed by atoms with Gasteiger partial charge in [-0.25, -0.2) is 9.97 Å². The molecule has 2 rings (SSSR count). The Kier molecular flexibility index (Phi) is 6.54. The Hall–Kier alpha value is -3.34. The number of likely N-dealkylation sites (N-methyl/N-ethyl adjacent to an activating group) is 1. The highest BCUT2D eigenvalue weighted by molar-refractivity contribution is 5.68. The van der Waals surface area contributed by atoms with Crippen molar-refractivity contribution in [2.75, 3.05) is 25.1 Å². The fraction of sp³-hybridized carbons (Fsp3) is 0.294. The summed E-state index contributed by atoms with van der Waals surface area (Å²) in [7, 11) is 1.89. The summed E-state index contributed by atoms with van der Waals surface area (Å²) in [6.45, 7) is 2.67. The number of aromatic nitrogens is 2. The van der Waals surface area contributed by atoms with Gasteiger partial charge in [-0.05, 0) is 24.3 Å². The standard InChI is InChI=1S/C17H18N6O2/c1-3-17(24)25-9-8-23(2)15-6-7-16(20-12-15)22-21-14-5-4-13(10-18)19-11-14/h4-7,11-12H,3,8-9H2,1-2H3. The van der Waals surface area contributed by atoms with Crippen molar-refractivity contribution in [2.45, 2.75) is 13.3 Å². The topological polar surface area (TPSA) is 104 Å². The number of hydrogen-bond donors (Lipinski definition) is 0. The van der Waals surface area contributed by atoms with Crippen molar-refractivity contribution in [2.24, 2.45) is 10.2 Å². The first-order valence-electron chi connectivity index (χ1n) is 7.73. The van der Waals surface area contributed by atoms with E-state index in [9.17, 15) is 4.79 Å². The number of anilines is 1. The lowest BCUT2D eigenvalue weighted by molar-refractivity contribution is -0.142. The zero-order valence-electron chi connectivity index (χ0n) is 14.1. The molecule has 2 aromatic rings. The number of rotatable bonds is 7. The van der Waals surface area contributed by atoms with Crippen molar-refractivity contribution < 1.29 is 9.53 Å². The van der Waals surface area contributed by atoms with Crippen LogP contribution in [0.15, 0.2) is 46.9 Å². The summed E-state index contributed by atoms with van der Waals surface area (Å²) in [6, 6.07) is 8.78. The highest BCUT2D eigenvalue weighted by Crippen LogP contribution is 2.18. The summed E-state index contributed by atoms with van der Waals surface area (Å²) < 4.78 is 5.05. The molecule has 0 aliphatic carbocycles. The first kappa shape index (κ1) is 18.0. The molecule has 0 bridgehead atoms. The van der Waals surface area contributed by atoms with Crippen LogP contribution in [0.4, 0.5) is 17.2 Å². The third kappa shape index (κ3) is 5.66. The van der Waals surface area contributed by atoms with Crippen LogP contribution < -0.4 is 4.90 Å². The molecule has 0 saturated heterocycles. The Labute approximate surface area is 145 Å². The third-order valence-corrected chi connectivity index (χ3v) is 3.28. The Morgan fingerprint density at radius 1 is 1.24 bits per heavy atom. The molecular weight excluding hydrogens is 320 g/mol. The van der Waals surface area contributed by atoms with Crippen LogP contribution in [0.1, 0.15) is 19.0 Å². The number of azo groups is 1. The van der Waals surface area contributed by atoms with Crippen LogP contribution in [-0.4, -0.2) is 36.1 Å². The average molecular weight is 338 g/mol. The SMILES string of the molecule is CCC(=O)OCCN(C)c1ccc(N=Nc2ccc(C#N)nc2)nc1. The molecule has 0 fully saturated rings. The van der Waals surface area contributed by atoms with Crippen LogP contribution in [0.5, 0.6) is 0 Å². The van der Waals surface area contributed by atoms with Crippen LogP contribution in [0.25, 0.3) is 0 Å². The van der Waals surface area contributed by atoms with Crippen LogP contribution in [0, 0.1) is 11.3 Å². The summed E-state index contributed by atoms with van der Waals surface area (Å²) in [5.74, 6) is 0.249. The van der Waals surface area contributed by atoms with Gasteiger partial charge in [-0.2, -0.15) is 5.26 Å². The molecule has 128 valence electrons. The predicted molar refractivity (Wildman–Crippen MR) is 91.9 cm³/mol. The molecule has 0 N–H and O–H groups in total. The van der Waals surface area contributed by atoms with Crippen LogP contribution in [0.2, 0.25) is 0 Å². The number of hydrogen-bond acceptors (Lipinski definition) is 8. The number of esters is 1. The fourth-order valence-electron chi connectivity index (χ4n) is 1.81. The minimum absolute atomic E-state index is 0.209. The number of carbonyl (C=O) groups is 1. The molecule has 0 amide bonds. The Bertz CT molecular complexity index is 765. The second kappa shape index (κ2) is 9.08. The van der Waals surface area contributed by atoms with Gasteiger partial charge < -0.3 is 9.64 Å². The summed E-state index contributed by atoms with van der Waals surface area (Å²) in [4.78, 5) is 21.2. The van der Waals surface area contributed by atoms with Gasteiger partial charge in [0.1, 0.15) is 24.1 Å². The van der Waals surface area contributed by atoms with E-state index in [1.54, 1.807) is 31.3 Å². The van der Waals surface area contributed by atoms with Crippen molar-refractivity contribution >= 4 is 23.2 Å². The highest BCUT2D eigenvalue weighted by atomic mass is 16.5. The van der Waals surface area contributed by atoms with Crippen molar-refractivity contribution in [3.8, 4) is 6.07 Å². The first-order chi connectivity index (χ1) is 12.1. The molecule has 8 heteroatoms. The zero-order valence-corrected chi connectivity index (χ0v) is 14.1. The van der Waals surface area contributed by atoms with Gasteiger partial charge in [-0.15, -0.1) is 10.2 Å². The molecule has 0 aliphatic heterocycles. The van der Waals surface area contributed by atoms with Gasteiger partial charge in [0.15, 0.2) is 5.82 Å². The van der Waals surface area contributed by atoms with Gasteiger partial charge in [0, 0.05) is 13.5 Å². The van der Waals surface area contributed by atoms with Crippen LogP contribution >= 0.6 is 0 Å². The maximum atomic E-state index is 11.1. The van der Waals surface area contributed by atoms with E-state index in [1.807, 2.05) is 24.1 Å². The minimum atomic E-state index is -0.209. The summed E-state index contributed by atoms with van der Waals surface area (Å²) in [5, 5.41) is 16.8. The lowest BCUT2D eigenvalue weighted by Crippen LogP contribution is -2.23. The molecule has 2 aromatic heterocycles. The van der Waals surface area contributed by atoms with E-state index in [4.69, 9.17) is 10.00 Å². The van der Waals surface area contributed by atoms with Crippen molar-refractivity contribution in [1.29, 1.82) is 5.26 Å². The molecule has 8 nitrogen and oxygen atoms in total. The summed E-state index contributed by atoms with van der Waals surface area (Å²) in [6.07, 6.45) is 3.52. The van der Waals surface area contributed by atoms with Gasteiger partial charge in [-0.1, -0.05) is 6.92 Å². The molecule has 0 spiro atoms. The monoisotopic (exact) mass is 338 g/mol. The Morgan fingerprint density at radius 3 is 2.68 bits per heavy atom. The van der Waals surface area contributed by atoms with Crippen molar-refractivity contribution in [1.82, 2.24) is 9.97 Å². The molecule has 0 radical (unpaired) electrons. The van der Waals surface area contributed by atoms with E-state index < -0.39 is 0 Å². The Morgan fingerprint density at radius 2 is 2.08 bits per heavy atom. The maximum absolute atomic E-state index is 11.1. The third-order valence-electron chi connectivity index (χ3n) is 3.28. The van der Waals surface area contributed by atoms with Gasteiger partial charge in [-0.3, -0.25) is 4.79 Å². The van der Waals surface area contributed by atoms with E-state index in [2.05, 4.69) is 20.2 Å². The zero-order chi connectivity index (χ0) is 18.1. The fourth-order valence-corrected chi connectivity index (χ4v) is 1.81. The largest absolute Gasteiger partial charge is 0.464 e. The quantitative estimate of drug-likeness (QED) is 0.567. The number of carbonyl (C=O) groups excluding carboxylic acids is 1. The second-order valence-corrected chi connectivity index (χ2v) is 5.08. The van der Waals surface area contributed by atoms with Gasteiger partial charge in [0.2, 0.25) is 0 Å². The average Bonchev–Trinajstić information content (AvgIpc) is 2.66. The van der Waals surface area contributed by atoms with E-state index in [0.717, 1.165) is 5.69 Å². The molecule has 25 heavy (non-hydrogen) atoms. The molecule has 0 aromatic carbocycles.